The number of benzene rings is 2. The Morgan fingerprint density at radius 3 is 2.35 bits per heavy atom. The van der Waals surface area contributed by atoms with Gasteiger partial charge < -0.3 is 25.2 Å². The van der Waals surface area contributed by atoms with Crippen molar-refractivity contribution < 1.29 is 19.1 Å². The number of esters is 1. The third-order valence-electron chi connectivity index (χ3n) is 4.81. The highest BCUT2D eigenvalue weighted by Gasteiger charge is 2.21. The number of amides is 1. The van der Waals surface area contributed by atoms with Gasteiger partial charge in [0.05, 0.1) is 42.5 Å². The fourth-order valence-corrected chi connectivity index (χ4v) is 3.58. The van der Waals surface area contributed by atoms with Gasteiger partial charge in [0.25, 0.3) is 5.91 Å². The summed E-state index contributed by atoms with van der Waals surface area (Å²) in [5, 5.41) is 4.22. The SMILES string of the molecule is COC(=O)/C(N)=C/N(N)c1cc(C(=O)Nc2cc(C(C)(C)C)cc(NSC)c2OC)ccc1Cl. The molecule has 0 aromatic heterocycles. The number of hydrogen-bond acceptors (Lipinski definition) is 9. The molecule has 0 heterocycles. The van der Waals surface area contributed by atoms with Crippen molar-refractivity contribution >= 4 is 52.5 Å². The number of methoxy groups -OCH3 is 2. The molecule has 0 aliphatic heterocycles. The zero-order chi connectivity index (χ0) is 25.6. The highest BCUT2D eigenvalue weighted by molar-refractivity contribution is 7.99. The first kappa shape index (κ1) is 27.2. The van der Waals surface area contributed by atoms with Gasteiger partial charge in [0, 0.05) is 11.8 Å². The van der Waals surface area contributed by atoms with Gasteiger partial charge in [0.1, 0.15) is 5.70 Å². The van der Waals surface area contributed by atoms with Crippen LogP contribution in [0.4, 0.5) is 17.1 Å². The van der Waals surface area contributed by atoms with Crippen LogP contribution in [0.2, 0.25) is 5.02 Å². The quantitative estimate of drug-likeness (QED) is 0.136. The van der Waals surface area contributed by atoms with Crippen molar-refractivity contribution in [1.29, 1.82) is 0 Å². The van der Waals surface area contributed by atoms with E-state index in [1.807, 2.05) is 18.4 Å². The van der Waals surface area contributed by atoms with Gasteiger partial charge in [-0.3, -0.25) is 9.80 Å². The molecule has 0 aliphatic rings. The third-order valence-corrected chi connectivity index (χ3v) is 5.55. The monoisotopic (exact) mass is 507 g/mol. The number of nitrogens with one attached hydrogen (secondary N) is 2. The Bertz CT molecular complexity index is 1100. The van der Waals surface area contributed by atoms with E-state index in [2.05, 4.69) is 35.5 Å². The number of hydrazine groups is 1. The lowest BCUT2D eigenvalue weighted by atomic mass is 9.86. The number of rotatable bonds is 8. The summed E-state index contributed by atoms with van der Waals surface area (Å²) in [6.45, 7) is 6.24. The highest BCUT2D eigenvalue weighted by atomic mass is 35.5. The van der Waals surface area contributed by atoms with Gasteiger partial charge in [-0.1, -0.05) is 44.3 Å². The number of halogens is 1. The molecule has 0 saturated heterocycles. The second kappa shape index (κ2) is 11.4. The Kier molecular flexibility index (Phi) is 9.08. The molecule has 6 N–H and O–H groups in total. The number of carbonyl (C=O) groups is 2. The van der Waals surface area contributed by atoms with Crippen LogP contribution in [0.5, 0.6) is 5.75 Å². The van der Waals surface area contributed by atoms with Crippen LogP contribution < -0.4 is 31.4 Å². The number of nitrogens with zero attached hydrogens (tertiary/aromatic N) is 1. The molecule has 2 aromatic rings. The van der Waals surface area contributed by atoms with E-state index in [0.717, 1.165) is 22.5 Å². The molecule has 0 saturated carbocycles. The fraction of sp³-hybridized carbons (Fsp3) is 0.304. The molecule has 34 heavy (non-hydrogen) atoms. The first-order valence-corrected chi connectivity index (χ1v) is 11.7. The van der Waals surface area contributed by atoms with E-state index in [1.54, 1.807) is 6.07 Å². The van der Waals surface area contributed by atoms with Crippen molar-refractivity contribution in [2.45, 2.75) is 26.2 Å². The summed E-state index contributed by atoms with van der Waals surface area (Å²) in [5.41, 5.74) is 8.06. The predicted molar refractivity (Wildman–Crippen MR) is 139 cm³/mol. The van der Waals surface area contributed by atoms with E-state index >= 15 is 0 Å². The van der Waals surface area contributed by atoms with Crippen molar-refractivity contribution in [3.8, 4) is 5.75 Å². The summed E-state index contributed by atoms with van der Waals surface area (Å²) < 4.78 is 13.3. The zero-order valence-electron chi connectivity index (χ0n) is 20.0. The maximum absolute atomic E-state index is 13.2. The maximum atomic E-state index is 13.2. The first-order valence-electron chi connectivity index (χ1n) is 10.1. The zero-order valence-corrected chi connectivity index (χ0v) is 21.6. The second-order valence-electron chi connectivity index (χ2n) is 8.26. The Morgan fingerprint density at radius 2 is 1.79 bits per heavy atom. The number of ether oxygens (including phenoxy) is 2. The Hall–Kier alpha value is -3.08. The van der Waals surface area contributed by atoms with Crippen LogP contribution in [-0.2, 0) is 14.9 Å². The molecule has 9 nitrogen and oxygen atoms in total. The van der Waals surface area contributed by atoms with E-state index in [1.165, 1.54) is 38.3 Å². The van der Waals surface area contributed by atoms with E-state index < -0.39 is 11.9 Å². The molecule has 0 bridgehead atoms. The minimum absolute atomic E-state index is 0.167. The van der Waals surface area contributed by atoms with Crippen molar-refractivity contribution in [3.05, 3.63) is 58.4 Å². The van der Waals surface area contributed by atoms with Gasteiger partial charge in [-0.2, -0.15) is 0 Å². The average molecular weight is 508 g/mol. The summed E-state index contributed by atoms with van der Waals surface area (Å²) in [4.78, 5) is 24.7. The van der Waals surface area contributed by atoms with E-state index in [9.17, 15) is 9.59 Å². The number of carbonyl (C=O) groups excluding carboxylic acids is 2. The normalized spacial score (nSPS) is 11.6. The van der Waals surface area contributed by atoms with Crippen LogP contribution in [-0.4, -0.2) is 32.4 Å². The lowest BCUT2D eigenvalue weighted by molar-refractivity contribution is -0.136. The van der Waals surface area contributed by atoms with Crippen LogP contribution in [0.15, 0.2) is 42.2 Å². The Labute approximate surface area is 208 Å². The average Bonchev–Trinajstić information content (AvgIpc) is 2.77. The van der Waals surface area contributed by atoms with E-state index in [-0.39, 0.29) is 27.4 Å². The number of hydrogen-bond donors (Lipinski definition) is 4. The van der Waals surface area contributed by atoms with Gasteiger partial charge in [0.2, 0.25) is 0 Å². The Balaban J connectivity index is 2.45. The summed E-state index contributed by atoms with van der Waals surface area (Å²) in [5.74, 6) is 5.34. The smallest absolute Gasteiger partial charge is 0.355 e. The molecular formula is C23H30ClN5O4S. The van der Waals surface area contributed by atoms with Crippen molar-refractivity contribution in [2.24, 2.45) is 11.6 Å². The van der Waals surface area contributed by atoms with Crippen LogP contribution in [0.25, 0.3) is 0 Å². The van der Waals surface area contributed by atoms with E-state index in [4.69, 9.17) is 27.9 Å². The Morgan fingerprint density at radius 1 is 1.15 bits per heavy atom. The predicted octanol–water partition coefficient (Wildman–Crippen LogP) is 4.24. The maximum Gasteiger partial charge on any atom is 0.355 e. The minimum Gasteiger partial charge on any atom is -0.492 e. The second-order valence-corrected chi connectivity index (χ2v) is 9.28. The standard InChI is InChI=1S/C23H30ClN5O4S/c1-23(2,3)14-10-17(20(32-4)18(11-14)28-34-6)27-21(30)13-7-8-15(24)19(9-13)29(26)12-16(25)22(31)33-5/h7-12,28H,25-26H2,1-6H3,(H,27,30)/b16-12-. The third kappa shape index (κ3) is 6.49. The van der Waals surface area contributed by atoms with Crippen molar-refractivity contribution in [1.82, 2.24) is 0 Å². The molecular weight excluding hydrogens is 478 g/mol. The van der Waals surface area contributed by atoms with Gasteiger partial charge in [-0.05, 0) is 41.3 Å². The summed E-state index contributed by atoms with van der Waals surface area (Å²) in [6.07, 6.45) is 3.06. The van der Waals surface area contributed by atoms with Crippen LogP contribution in [0.3, 0.4) is 0 Å². The van der Waals surface area contributed by atoms with Crippen LogP contribution >= 0.6 is 23.5 Å². The molecule has 0 atom stereocenters. The van der Waals surface area contributed by atoms with Crippen molar-refractivity contribution in [2.75, 3.05) is 35.5 Å². The van der Waals surface area contributed by atoms with Gasteiger partial charge in [-0.15, -0.1) is 0 Å². The molecule has 0 unspecified atom stereocenters. The van der Waals surface area contributed by atoms with Crippen LogP contribution in [0, 0.1) is 0 Å². The lowest BCUT2D eigenvalue weighted by Gasteiger charge is -2.24. The topological polar surface area (TPSA) is 132 Å². The molecule has 11 heteroatoms. The molecule has 2 aromatic carbocycles. The van der Waals surface area contributed by atoms with Gasteiger partial charge in [-0.25, -0.2) is 10.6 Å². The molecule has 0 spiro atoms. The summed E-state index contributed by atoms with van der Waals surface area (Å²) in [7, 11) is 2.74. The van der Waals surface area contributed by atoms with Crippen molar-refractivity contribution in [3.63, 3.8) is 0 Å². The highest BCUT2D eigenvalue weighted by Crippen LogP contribution is 2.40. The van der Waals surface area contributed by atoms with Gasteiger partial charge in [0.15, 0.2) is 5.75 Å². The molecule has 0 radical (unpaired) electrons. The molecule has 184 valence electrons. The number of anilines is 3. The summed E-state index contributed by atoms with van der Waals surface area (Å²) >= 11 is 7.67. The molecule has 0 aliphatic carbocycles. The van der Waals surface area contributed by atoms with Crippen LogP contribution in [0.1, 0.15) is 36.7 Å². The molecule has 1 amide bonds. The summed E-state index contributed by atoms with van der Waals surface area (Å²) in [6, 6.07) is 8.45. The van der Waals surface area contributed by atoms with Gasteiger partial charge >= 0.3 is 5.97 Å². The molecule has 2 rings (SSSR count). The minimum atomic E-state index is -0.749. The largest absolute Gasteiger partial charge is 0.492 e. The molecule has 0 fully saturated rings. The number of nitrogens with two attached hydrogens (primary N) is 2. The van der Waals surface area contributed by atoms with E-state index in [0.29, 0.717) is 11.4 Å². The lowest BCUT2D eigenvalue weighted by Crippen LogP contribution is -2.28. The fourth-order valence-electron chi connectivity index (χ4n) is 3.00. The first-order chi connectivity index (χ1) is 15.9.